The molecule has 1 atom stereocenters. The van der Waals surface area contributed by atoms with E-state index in [0.717, 1.165) is 18.8 Å². The Kier molecular flexibility index (Phi) is 3.80. The van der Waals surface area contributed by atoms with Crippen molar-refractivity contribution >= 4 is 40.0 Å². The molecule has 2 aliphatic heterocycles. The van der Waals surface area contributed by atoms with Crippen LogP contribution in [0.1, 0.15) is 6.42 Å². The number of nitrogens with one attached hydrogen (secondary N) is 1. The van der Waals surface area contributed by atoms with Gasteiger partial charge in [0.05, 0.1) is 17.7 Å². The van der Waals surface area contributed by atoms with Gasteiger partial charge in [-0.25, -0.2) is 0 Å². The fraction of sp³-hybridized carbons (Fsp3) is 0.222. The minimum Gasteiger partial charge on any atom is -0.492 e. The fourth-order valence-electron chi connectivity index (χ4n) is 2.86. The quantitative estimate of drug-likeness (QED) is 0.832. The van der Waals surface area contributed by atoms with Crippen LogP contribution < -0.4 is 5.32 Å². The molecule has 0 fully saturated rings. The van der Waals surface area contributed by atoms with E-state index in [-0.39, 0.29) is 5.37 Å². The van der Waals surface area contributed by atoms with Gasteiger partial charge in [-0.15, -0.1) is 11.8 Å². The summed E-state index contributed by atoms with van der Waals surface area (Å²) in [5.41, 5.74) is 1.26. The van der Waals surface area contributed by atoms with E-state index in [2.05, 4.69) is 60.1 Å². The highest BCUT2D eigenvalue weighted by Gasteiger charge is 2.23. The average molecular weight is 327 g/mol. The highest BCUT2D eigenvalue weighted by molar-refractivity contribution is 8.03. The zero-order valence-corrected chi connectivity index (χ0v) is 14.0. The van der Waals surface area contributed by atoms with Gasteiger partial charge < -0.3 is 10.1 Å². The Hall–Kier alpha value is -1.52. The van der Waals surface area contributed by atoms with Crippen LogP contribution in [0.4, 0.5) is 5.69 Å². The van der Waals surface area contributed by atoms with Crippen LogP contribution in [-0.4, -0.2) is 18.2 Å². The SMILES string of the molecule is CS/C(=C\C1Nc2c(ccc3ccccc23)S1)C1=CCCO1. The summed E-state index contributed by atoms with van der Waals surface area (Å²) in [6.07, 6.45) is 7.59. The Bertz CT molecular complexity index is 782. The van der Waals surface area contributed by atoms with E-state index >= 15 is 0 Å². The van der Waals surface area contributed by atoms with Crippen LogP contribution in [0.2, 0.25) is 0 Å². The molecule has 0 aromatic heterocycles. The molecule has 22 heavy (non-hydrogen) atoms. The topological polar surface area (TPSA) is 21.3 Å². The fourth-order valence-corrected chi connectivity index (χ4v) is 4.65. The lowest BCUT2D eigenvalue weighted by Gasteiger charge is -2.11. The van der Waals surface area contributed by atoms with Crippen LogP contribution in [0.15, 0.2) is 64.1 Å². The van der Waals surface area contributed by atoms with E-state index in [0.29, 0.717) is 0 Å². The number of hydrogen-bond donors (Lipinski definition) is 1. The Balaban J connectivity index is 1.65. The van der Waals surface area contributed by atoms with E-state index in [9.17, 15) is 0 Å². The third kappa shape index (κ3) is 2.50. The molecule has 112 valence electrons. The number of fused-ring (bicyclic) bond motifs is 3. The van der Waals surface area contributed by atoms with Gasteiger partial charge >= 0.3 is 0 Å². The summed E-state index contributed by atoms with van der Waals surface area (Å²) in [5, 5.41) is 6.49. The Morgan fingerprint density at radius 3 is 3.05 bits per heavy atom. The molecule has 0 radical (unpaired) electrons. The van der Waals surface area contributed by atoms with Gasteiger partial charge in [0.15, 0.2) is 0 Å². The molecule has 4 heteroatoms. The van der Waals surface area contributed by atoms with Crippen molar-refractivity contribution in [1.29, 1.82) is 0 Å². The van der Waals surface area contributed by atoms with Crippen molar-refractivity contribution in [1.82, 2.24) is 0 Å². The molecule has 0 aliphatic carbocycles. The van der Waals surface area contributed by atoms with Gasteiger partial charge in [-0.2, -0.15) is 0 Å². The van der Waals surface area contributed by atoms with Crippen molar-refractivity contribution in [2.75, 3.05) is 18.2 Å². The molecule has 0 amide bonds. The molecule has 2 heterocycles. The summed E-state index contributed by atoms with van der Waals surface area (Å²) >= 11 is 3.62. The molecular weight excluding hydrogens is 310 g/mol. The third-order valence-electron chi connectivity index (χ3n) is 3.90. The molecule has 2 aromatic carbocycles. The summed E-state index contributed by atoms with van der Waals surface area (Å²) < 4.78 is 5.70. The van der Waals surface area contributed by atoms with Gasteiger partial charge in [0.2, 0.25) is 0 Å². The standard InChI is InChI=1S/C18H17NOS2/c1-21-16(14-7-4-10-20-14)11-17-19-18-13-6-3-2-5-12(13)8-9-15(18)22-17/h2-3,5-9,11,17,19H,4,10H2,1H3/b16-11-. The van der Waals surface area contributed by atoms with E-state index in [1.807, 2.05) is 11.8 Å². The maximum atomic E-state index is 5.70. The number of ether oxygens (including phenoxy) is 1. The molecule has 0 spiro atoms. The van der Waals surface area contributed by atoms with Crippen LogP contribution in [0.3, 0.4) is 0 Å². The monoisotopic (exact) mass is 327 g/mol. The maximum absolute atomic E-state index is 5.70. The molecule has 4 rings (SSSR count). The van der Waals surface area contributed by atoms with E-state index in [1.54, 1.807) is 11.8 Å². The van der Waals surface area contributed by atoms with Gasteiger partial charge in [0.1, 0.15) is 5.76 Å². The van der Waals surface area contributed by atoms with E-state index < -0.39 is 0 Å². The molecule has 2 aromatic rings. The zero-order chi connectivity index (χ0) is 14.9. The van der Waals surface area contributed by atoms with Crippen LogP contribution in [0.5, 0.6) is 0 Å². The number of thioether (sulfide) groups is 2. The predicted octanol–water partition coefficient (Wildman–Crippen LogP) is 5.23. The van der Waals surface area contributed by atoms with Crippen LogP contribution in [0, 0.1) is 0 Å². The molecule has 2 nitrogen and oxygen atoms in total. The molecule has 1 unspecified atom stereocenters. The van der Waals surface area contributed by atoms with Crippen LogP contribution in [-0.2, 0) is 4.74 Å². The number of benzene rings is 2. The maximum Gasteiger partial charge on any atom is 0.128 e. The first-order valence-corrected chi connectivity index (χ1v) is 9.50. The van der Waals surface area contributed by atoms with E-state index in [4.69, 9.17) is 4.74 Å². The minimum absolute atomic E-state index is 0.258. The first-order chi connectivity index (χ1) is 10.8. The first kappa shape index (κ1) is 14.1. The van der Waals surface area contributed by atoms with Crippen molar-refractivity contribution in [2.45, 2.75) is 16.7 Å². The van der Waals surface area contributed by atoms with Gasteiger partial charge in [-0.3, -0.25) is 0 Å². The molecule has 0 bridgehead atoms. The number of rotatable bonds is 3. The lowest BCUT2D eigenvalue weighted by Crippen LogP contribution is -2.07. The zero-order valence-electron chi connectivity index (χ0n) is 12.3. The lowest BCUT2D eigenvalue weighted by molar-refractivity contribution is 0.255. The first-order valence-electron chi connectivity index (χ1n) is 7.39. The largest absolute Gasteiger partial charge is 0.492 e. The molecule has 2 aliphatic rings. The highest BCUT2D eigenvalue weighted by atomic mass is 32.2. The molecule has 1 N–H and O–H groups in total. The van der Waals surface area contributed by atoms with Gasteiger partial charge in [-0.05, 0) is 29.9 Å². The summed E-state index contributed by atoms with van der Waals surface area (Å²) in [5.74, 6) is 1.04. The Morgan fingerprint density at radius 2 is 2.23 bits per heavy atom. The van der Waals surface area contributed by atoms with Gasteiger partial charge in [0.25, 0.3) is 0 Å². The van der Waals surface area contributed by atoms with Crippen molar-refractivity contribution in [2.24, 2.45) is 0 Å². The second kappa shape index (κ2) is 5.94. The van der Waals surface area contributed by atoms with Crippen molar-refractivity contribution < 1.29 is 4.74 Å². The minimum atomic E-state index is 0.258. The normalized spacial score (nSPS) is 20.5. The lowest BCUT2D eigenvalue weighted by atomic mass is 10.1. The number of hydrogen-bond acceptors (Lipinski definition) is 4. The van der Waals surface area contributed by atoms with Crippen molar-refractivity contribution in [3.05, 3.63) is 59.2 Å². The predicted molar refractivity (Wildman–Crippen MR) is 97.5 cm³/mol. The molecule has 0 saturated carbocycles. The Morgan fingerprint density at radius 1 is 1.32 bits per heavy atom. The molecular formula is C18H17NOS2. The van der Waals surface area contributed by atoms with Crippen LogP contribution in [0.25, 0.3) is 10.8 Å². The van der Waals surface area contributed by atoms with Crippen molar-refractivity contribution in [3.63, 3.8) is 0 Å². The second-order valence-corrected chi connectivity index (χ2v) is 7.31. The Labute approximate surface area is 139 Å². The van der Waals surface area contributed by atoms with Gasteiger partial charge in [0, 0.05) is 21.6 Å². The summed E-state index contributed by atoms with van der Waals surface area (Å²) in [6, 6.07) is 13.0. The molecule has 0 saturated heterocycles. The summed E-state index contributed by atoms with van der Waals surface area (Å²) in [4.78, 5) is 2.54. The van der Waals surface area contributed by atoms with Crippen LogP contribution >= 0.6 is 23.5 Å². The summed E-state index contributed by atoms with van der Waals surface area (Å²) in [6.45, 7) is 0.809. The van der Waals surface area contributed by atoms with Gasteiger partial charge in [-0.1, -0.05) is 42.1 Å². The average Bonchev–Trinajstić information content (AvgIpc) is 3.21. The smallest absolute Gasteiger partial charge is 0.128 e. The van der Waals surface area contributed by atoms with Crippen molar-refractivity contribution in [3.8, 4) is 0 Å². The summed E-state index contributed by atoms with van der Waals surface area (Å²) in [7, 11) is 0. The third-order valence-corrected chi connectivity index (χ3v) is 5.78. The number of anilines is 1. The van der Waals surface area contributed by atoms with E-state index in [1.165, 1.54) is 26.3 Å². The second-order valence-electron chi connectivity index (χ2n) is 5.28. The highest BCUT2D eigenvalue weighted by Crippen LogP contribution is 2.44.